The van der Waals surface area contributed by atoms with Crippen LogP contribution in [0, 0.1) is 0 Å². The van der Waals surface area contributed by atoms with E-state index in [0.717, 1.165) is 22.6 Å². The summed E-state index contributed by atoms with van der Waals surface area (Å²) < 4.78 is 49.6. The Morgan fingerprint density at radius 1 is 1.38 bits per heavy atom. The van der Waals surface area contributed by atoms with Crippen molar-refractivity contribution in [1.82, 2.24) is 9.88 Å². The number of nitrogens with zero attached hydrogens (tertiary/aromatic N) is 2. The number of carbonyl (C=O) groups excluding carboxylic acids is 1. The zero-order valence-corrected chi connectivity index (χ0v) is 15.5. The molecule has 2 amide bonds. The summed E-state index contributed by atoms with van der Waals surface area (Å²) in [5.74, 6) is 0.351. The van der Waals surface area contributed by atoms with Crippen LogP contribution in [0.4, 0.5) is 23.1 Å². The lowest BCUT2D eigenvalue weighted by Gasteiger charge is -2.42. The first kappa shape index (κ1) is 19.4. The maximum Gasteiger partial charge on any atom is 0.416 e. The van der Waals surface area contributed by atoms with Crippen molar-refractivity contribution >= 4 is 22.5 Å². The minimum Gasteiger partial charge on any atom is -0.381 e. The normalized spacial score (nSPS) is 24.5. The summed E-state index contributed by atoms with van der Waals surface area (Å²) in [5.41, 5.74) is -1.08. The maximum absolute atomic E-state index is 13.1. The Labute approximate surface area is 153 Å². The molecule has 0 saturated carbocycles. The van der Waals surface area contributed by atoms with Gasteiger partial charge in [-0.05, 0) is 32.6 Å². The van der Waals surface area contributed by atoms with Crippen LogP contribution in [0.1, 0.15) is 37.5 Å². The first-order chi connectivity index (χ1) is 12.1. The van der Waals surface area contributed by atoms with Gasteiger partial charge in [0.25, 0.3) is 0 Å². The number of rotatable bonds is 2. The van der Waals surface area contributed by atoms with E-state index in [1.54, 1.807) is 6.20 Å². The Morgan fingerprint density at radius 3 is 2.73 bits per heavy atom. The van der Waals surface area contributed by atoms with E-state index in [0.29, 0.717) is 24.3 Å². The number of urea groups is 1. The minimum absolute atomic E-state index is 0.0730. The minimum atomic E-state index is -4.52. The number of alkyl halides is 3. The van der Waals surface area contributed by atoms with E-state index >= 15 is 0 Å². The second-order valence-electron chi connectivity index (χ2n) is 7.17. The summed E-state index contributed by atoms with van der Waals surface area (Å²) in [7, 11) is 0. The number of nitrogens with one attached hydrogen (secondary N) is 1. The highest BCUT2D eigenvalue weighted by Gasteiger charge is 2.49. The number of morpholine rings is 1. The fourth-order valence-corrected chi connectivity index (χ4v) is 4.17. The number of carbonyl (C=O) groups is 1. The smallest absolute Gasteiger partial charge is 0.381 e. The van der Waals surface area contributed by atoms with Gasteiger partial charge in [0, 0.05) is 24.3 Å². The van der Waals surface area contributed by atoms with Crippen LogP contribution in [-0.4, -0.2) is 60.1 Å². The molecule has 146 valence electrons. The van der Waals surface area contributed by atoms with Crippen LogP contribution >= 0.6 is 11.3 Å². The third-order valence-electron chi connectivity index (χ3n) is 4.43. The molecule has 10 heteroatoms. The van der Waals surface area contributed by atoms with Gasteiger partial charge in [0.15, 0.2) is 11.2 Å². The van der Waals surface area contributed by atoms with E-state index in [2.05, 4.69) is 10.3 Å². The largest absolute Gasteiger partial charge is 0.416 e. The molecule has 26 heavy (non-hydrogen) atoms. The van der Waals surface area contributed by atoms with Gasteiger partial charge in [0.1, 0.15) is 0 Å². The van der Waals surface area contributed by atoms with Crippen molar-refractivity contribution in [2.24, 2.45) is 0 Å². The van der Waals surface area contributed by atoms with Gasteiger partial charge >= 0.3 is 12.2 Å². The van der Waals surface area contributed by atoms with E-state index in [9.17, 15) is 18.0 Å². The second-order valence-corrected chi connectivity index (χ2v) is 8.24. The molecule has 0 unspecified atom stereocenters. The molecule has 6 nitrogen and oxygen atoms in total. The molecule has 1 N–H and O–H groups in total. The quantitative estimate of drug-likeness (QED) is 0.834. The Hall–Kier alpha value is -1.39. The lowest BCUT2D eigenvalue weighted by atomic mass is 9.99. The van der Waals surface area contributed by atoms with Gasteiger partial charge in [-0.15, -0.1) is 11.3 Å². The number of halogens is 3. The SMILES string of the molecule is CC1(C)CN(C(=O)Nc2ncc(C3CCOCC3)s2)C[C@@H](C(F)(F)F)O1. The molecule has 2 saturated heterocycles. The molecule has 0 aromatic carbocycles. The van der Waals surface area contributed by atoms with Crippen molar-refractivity contribution < 1.29 is 27.4 Å². The average Bonchev–Trinajstić information content (AvgIpc) is 3.02. The molecule has 3 rings (SSSR count). The predicted molar refractivity (Wildman–Crippen MR) is 90.5 cm³/mol. The fraction of sp³-hybridized carbons (Fsp3) is 0.750. The molecule has 0 spiro atoms. The number of hydrogen-bond donors (Lipinski definition) is 1. The van der Waals surface area contributed by atoms with Crippen LogP contribution in [0.25, 0.3) is 0 Å². The highest BCUT2D eigenvalue weighted by atomic mass is 32.1. The van der Waals surface area contributed by atoms with E-state index in [-0.39, 0.29) is 6.54 Å². The molecule has 0 radical (unpaired) electrons. The van der Waals surface area contributed by atoms with Crippen molar-refractivity contribution in [2.75, 3.05) is 31.6 Å². The molecule has 1 atom stereocenters. The van der Waals surface area contributed by atoms with Crippen LogP contribution < -0.4 is 5.32 Å². The summed E-state index contributed by atoms with van der Waals surface area (Å²) in [6.45, 7) is 4.02. The number of amides is 2. The zero-order valence-electron chi connectivity index (χ0n) is 14.6. The number of thiazole rings is 1. The van der Waals surface area contributed by atoms with Crippen LogP contribution in [0.3, 0.4) is 0 Å². The van der Waals surface area contributed by atoms with Gasteiger partial charge < -0.3 is 14.4 Å². The summed E-state index contributed by atoms with van der Waals surface area (Å²) in [4.78, 5) is 18.8. The molecule has 1 aromatic rings. The molecule has 2 aliphatic rings. The molecule has 3 heterocycles. The van der Waals surface area contributed by atoms with Crippen molar-refractivity contribution in [3.05, 3.63) is 11.1 Å². The standard InChI is InChI=1S/C16H22F3N3O3S/c1-15(2)9-22(8-12(25-15)16(17,18)19)14(23)21-13-20-7-11(26-13)10-3-5-24-6-4-10/h7,10,12H,3-6,8-9H2,1-2H3,(H,20,21,23)/t12-/m0/s1. The van der Waals surface area contributed by atoms with E-state index in [4.69, 9.17) is 9.47 Å². The lowest BCUT2D eigenvalue weighted by molar-refractivity contribution is -0.267. The van der Waals surface area contributed by atoms with Gasteiger partial charge in [-0.25, -0.2) is 9.78 Å². The molecule has 1 aromatic heterocycles. The number of aromatic nitrogens is 1. The molecule has 0 aliphatic carbocycles. The molecular weight excluding hydrogens is 371 g/mol. The summed E-state index contributed by atoms with van der Waals surface area (Å²) in [6.07, 6.45) is -2.99. The highest BCUT2D eigenvalue weighted by molar-refractivity contribution is 7.15. The van der Waals surface area contributed by atoms with E-state index in [1.165, 1.54) is 25.2 Å². The summed E-state index contributed by atoms with van der Waals surface area (Å²) in [5, 5.41) is 3.01. The van der Waals surface area contributed by atoms with E-state index < -0.39 is 30.5 Å². The number of anilines is 1. The van der Waals surface area contributed by atoms with Gasteiger partial charge in [-0.2, -0.15) is 13.2 Å². The van der Waals surface area contributed by atoms with Crippen LogP contribution in [0.2, 0.25) is 0 Å². The van der Waals surface area contributed by atoms with E-state index in [1.807, 2.05) is 0 Å². The summed E-state index contributed by atoms with van der Waals surface area (Å²) >= 11 is 1.36. The Kier molecular flexibility index (Phi) is 5.45. The monoisotopic (exact) mass is 393 g/mol. The van der Waals surface area contributed by atoms with Crippen LogP contribution in [0.15, 0.2) is 6.20 Å². The maximum atomic E-state index is 13.1. The van der Waals surface area contributed by atoms with Gasteiger partial charge in [-0.3, -0.25) is 5.32 Å². The third kappa shape index (κ3) is 4.66. The number of hydrogen-bond acceptors (Lipinski definition) is 5. The molecule has 2 fully saturated rings. The predicted octanol–water partition coefficient (Wildman–Crippen LogP) is 3.61. The van der Waals surface area contributed by atoms with Crippen molar-refractivity contribution in [3.8, 4) is 0 Å². The highest BCUT2D eigenvalue weighted by Crippen LogP contribution is 2.34. The molecular formula is C16H22F3N3O3S. The van der Waals surface area contributed by atoms with Crippen molar-refractivity contribution in [2.45, 2.75) is 50.5 Å². The average molecular weight is 393 g/mol. The van der Waals surface area contributed by atoms with Crippen molar-refractivity contribution in [1.29, 1.82) is 0 Å². The molecule has 0 bridgehead atoms. The van der Waals surface area contributed by atoms with Gasteiger partial charge in [0.05, 0.1) is 18.7 Å². The fourth-order valence-electron chi connectivity index (χ4n) is 3.19. The Morgan fingerprint density at radius 2 is 2.08 bits per heavy atom. The Balaban J connectivity index is 1.64. The Bertz CT molecular complexity index is 644. The number of ether oxygens (including phenoxy) is 2. The van der Waals surface area contributed by atoms with Gasteiger partial charge in [-0.1, -0.05) is 0 Å². The second kappa shape index (κ2) is 7.32. The topological polar surface area (TPSA) is 63.7 Å². The summed E-state index contributed by atoms with van der Waals surface area (Å²) in [6, 6.07) is -0.594. The van der Waals surface area contributed by atoms with Gasteiger partial charge in [0.2, 0.25) is 0 Å². The van der Waals surface area contributed by atoms with Crippen LogP contribution in [0.5, 0.6) is 0 Å². The first-order valence-electron chi connectivity index (χ1n) is 8.48. The van der Waals surface area contributed by atoms with Crippen LogP contribution in [-0.2, 0) is 9.47 Å². The van der Waals surface area contributed by atoms with Crippen molar-refractivity contribution in [3.63, 3.8) is 0 Å². The first-order valence-corrected chi connectivity index (χ1v) is 9.30. The third-order valence-corrected chi connectivity index (χ3v) is 5.51. The zero-order chi connectivity index (χ0) is 18.9. The molecule has 2 aliphatic heterocycles. The lowest BCUT2D eigenvalue weighted by Crippen LogP contribution is -2.59.